The van der Waals surface area contributed by atoms with Crippen LogP contribution in [0, 0.1) is 0 Å². The predicted molar refractivity (Wildman–Crippen MR) is 73.1 cm³/mol. The van der Waals surface area contributed by atoms with Crippen molar-refractivity contribution in [3.63, 3.8) is 0 Å². The Balaban J connectivity index is 2.26. The molecule has 2 aromatic rings. The van der Waals surface area contributed by atoms with Crippen LogP contribution in [0.25, 0.3) is 11.0 Å². The van der Waals surface area contributed by atoms with E-state index in [1.165, 1.54) is 0 Å². The Bertz CT molecular complexity index is 579. The zero-order valence-corrected chi connectivity index (χ0v) is 11.1. The van der Waals surface area contributed by atoms with Crippen molar-refractivity contribution in [1.29, 1.82) is 0 Å². The van der Waals surface area contributed by atoms with E-state index in [0.717, 1.165) is 18.4 Å². The maximum Gasteiger partial charge on any atom is 0.326 e. The largest absolute Gasteiger partial charge is 0.480 e. The van der Waals surface area contributed by atoms with Gasteiger partial charge in [-0.15, -0.1) is 0 Å². The van der Waals surface area contributed by atoms with Crippen LogP contribution in [0.1, 0.15) is 26.2 Å². The van der Waals surface area contributed by atoms with Gasteiger partial charge in [-0.2, -0.15) is 0 Å². The van der Waals surface area contributed by atoms with Crippen LogP contribution in [0.15, 0.2) is 18.6 Å². The molecule has 0 fully saturated rings. The van der Waals surface area contributed by atoms with Gasteiger partial charge in [0.25, 0.3) is 0 Å². The van der Waals surface area contributed by atoms with E-state index in [-0.39, 0.29) is 0 Å². The molecule has 2 heterocycles. The van der Waals surface area contributed by atoms with Gasteiger partial charge in [-0.3, -0.25) is 0 Å². The lowest BCUT2D eigenvalue weighted by molar-refractivity contribution is -0.138. The van der Waals surface area contributed by atoms with Gasteiger partial charge >= 0.3 is 5.97 Å². The van der Waals surface area contributed by atoms with E-state index >= 15 is 0 Å². The molecule has 2 N–H and O–H groups in total. The van der Waals surface area contributed by atoms with Gasteiger partial charge in [0, 0.05) is 13.2 Å². The van der Waals surface area contributed by atoms with Gasteiger partial charge in [0.15, 0.2) is 5.82 Å². The van der Waals surface area contributed by atoms with Crippen molar-refractivity contribution in [2.75, 3.05) is 5.32 Å². The van der Waals surface area contributed by atoms with E-state index in [1.807, 2.05) is 24.6 Å². The fourth-order valence-electron chi connectivity index (χ4n) is 2.00. The minimum absolute atomic E-state index is 0.529. The summed E-state index contributed by atoms with van der Waals surface area (Å²) in [6.45, 7) is 2.04. The van der Waals surface area contributed by atoms with Gasteiger partial charge in [0.1, 0.15) is 11.6 Å². The lowest BCUT2D eigenvalue weighted by Crippen LogP contribution is -2.29. The molecule has 0 aliphatic carbocycles. The van der Waals surface area contributed by atoms with Crippen LogP contribution in [0.5, 0.6) is 0 Å². The van der Waals surface area contributed by atoms with Gasteiger partial charge in [0.05, 0.1) is 11.8 Å². The van der Waals surface area contributed by atoms with Crippen molar-refractivity contribution in [3.8, 4) is 0 Å². The van der Waals surface area contributed by atoms with Crippen molar-refractivity contribution in [1.82, 2.24) is 14.5 Å². The third-order valence-corrected chi connectivity index (χ3v) is 3.10. The molecule has 0 amide bonds. The number of nitrogens with one attached hydrogen (secondary N) is 1. The number of aryl methyl sites for hydroxylation is 1. The molecule has 1 atom stereocenters. The van der Waals surface area contributed by atoms with Gasteiger partial charge in [0.2, 0.25) is 0 Å². The minimum atomic E-state index is -0.858. The highest BCUT2D eigenvalue weighted by Gasteiger charge is 2.18. The summed E-state index contributed by atoms with van der Waals surface area (Å²) in [6.07, 6.45) is 5.76. The van der Waals surface area contributed by atoms with Crippen LogP contribution in [0.2, 0.25) is 0 Å². The smallest absolute Gasteiger partial charge is 0.326 e. The molecule has 0 saturated heterocycles. The molecule has 19 heavy (non-hydrogen) atoms. The number of pyridine rings is 1. The second-order valence-corrected chi connectivity index (χ2v) is 4.56. The number of fused-ring (bicyclic) bond motifs is 1. The number of anilines is 1. The zero-order chi connectivity index (χ0) is 13.8. The van der Waals surface area contributed by atoms with Crippen LogP contribution < -0.4 is 5.32 Å². The summed E-state index contributed by atoms with van der Waals surface area (Å²) in [5.41, 5.74) is 1.63. The van der Waals surface area contributed by atoms with Gasteiger partial charge in [-0.1, -0.05) is 19.8 Å². The number of carboxylic acids is 1. The molecular weight excluding hydrogens is 244 g/mol. The molecule has 102 valence electrons. The van der Waals surface area contributed by atoms with Crippen LogP contribution in [-0.2, 0) is 11.8 Å². The first-order valence-electron chi connectivity index (χ1n) is 6.39. The normalized spacial score (nSPS) is 12.5. The van der Waals surface area contributed by atoms with Crippen molar-refractivity contribution in [3.05, 3.63) is 18.6 Å². The number of nitrogens with zero attached hydrogens (tertiary/aromatic N) is 3. The first-order valence-corrected chi connectivity index (χ1v) is 6.39. The molecule has 2 aromatic heterocycles. The second-order valence-electron chi connectivity index (χ2n) is 4.56. The highest BCUT2D eigenvalue weighted by Crippen LogP contribution is 2.20. The number of rotatable bonds is 6. The molecule has 6 heteroatoms. The summed E-state index contributed by atoms with van der Waals surface area (Å²) in [4.78, 5) is 19.7. The first kappa shape index (κ1) is 13.3. The van der Waals surface area contributed by atoms with Crippen molar-refractivity contribution in [2.45, 2.75) is 32.2 Å². The monoisotopic (exact) mass is 262 g/mol. The van der Waals surface area contributed by atoms with Crippen molar-refractivity contribution >= 4 is 22.8 Å². The number of aromatic nitrogens is 3. The molecule has 0 bridgehead atoms. The molecule has 0 aliphatic rings. The molecule has 6 nitrogen and oxygen atoms in total. The topological polar surface area (TPSA) is 80.0 Å². The number of hydrogen-bond donors (Lipinski definition) is 2. The summed E-state index contributed by atoms with van der Waals surface area (Å²) < 4.78 is 1.88. The van der Waals surface area contributed by atoms with E-state index in [2.05, 4.69) is 15.3 Å². The number of carboxylic acid groups (broad SMARTS) is 1. The maximum atomic E-state index is 11.2. The molecular formula is C13H18N4O2. The number of unbranched alkanes of at least 4 members (excludes halogenated alkanes) is 1. The van der Waals surface area contributed by atoms with Gasteiger partial charge in [-0.05, 0) is 12.5 Å². The molecule has 0 saturated carbocycles. The average molecular weight is 262 g/mol. The third kappa shape index (κ3) is 2.83. The first-order chi connectivity index (χ1) is 9.13. The Morgan fingerprint density at radius 1 is 1.53 bits per heavy atom. The molecule has 0 aromatic carbocycles. The van der Waals surface area contributed by atoms with Gasteiger partial charge < -0.3 is 15.0 Å². The van der Waals surface area contributed by atoms with E-state index in [0.29, 0.717) is 17.8 Å². The predicted octanol–water partition coefficient (Wildman–Crippen LogP) is 2.02. The number of aliphatic carboxylic acids is 1. The minimum Gasteiger partial charge on any atom is -0.480 e. The highest BCUT2D eigenvalue weighted by atomic mass is 16.4. The molecule has 0 spiro atoms. The highest BCUT2D eigenvalue weighted by molar-refractivity contribution is 5.88. The number of imidazole rings is 1. The molecule has 1 unspecified atom stereocenters. The van der Waals surface area contributed by atoms with Crippen molar-refractivity contribution < 1.29 is 9.90 Å². The Morgan fingerprint density at radius 2 is 2.32 bits per heavy atom. The molecule has 2 rings (SSSR count). The van der Waals surface area contributed by atoms with Gasteiger partial charge in [-0.25, -0.2) is 14.8 Å². The zero-order valence-electron chi connectivity index (χ0n) is 11.1. The van der Waals surface area contributed by atoms with Crippen molar-refractivity contribution in [2.24, 2.45) is 7.05 Å². The Hall–Kier alpha value is -2.11. The summed E-state index contributed by atoms with van der Waals surface area (Å²) in [5, 5.41) is 12.2. The summed E-state index contributed by atoms with van der Waals surface area (Å²) >= 11 is 0. The van der Waals surface area contributed by atoms with E-state index in [4.69, 9.17) is 0 Å². The SMILES string of the molecule is CCCCC(Nc1nccc2c1ncn2C)C(=O)O. The van der Waals surface area contributed by atoms with Crippen LogP contribution in [0.3, 0.4) is 0 Å². The van der Waals surface area contributed by atoms with E-state index < -0.39 is 12.0 Å². The van der Waals surface area contributed by atoms with E-state index in [1.54, 1.807) is 12.5 Å². The Kier molecular flexibility index (Phi) is 3.99. The Labute approximate surface area is 111 Å². The lowest BCUT2D eigenvalue weighted by Gasteiger charge is -2.14. The number of carbonyl (C=O) groups is 1. The molecule has 0 radical (unpaired) electrons. The summed E-state index contributed by atoms with van der Waals surface area (Å²) in [7, 11) is 1.89. The standard InChI is InChI=1S/C13H18N4O2/c1-3-4-5-9(13(18)19)16-12-11-10(6-7-14-12)17(2)8-15-11/h6-9H,3-5H2,1-2H3,(H,14,16)(H,18,19). The van der Waals surface area contributed by atoms with Crippen LogP contribution in [0.4, 0.5) is 5.82 Å². The lowest BCUT2D eigenvalue weighted by atomic mass is 10.1. The molecule has 0 aliphatic heterocycles. The summed E-state index contributed by atoms with van der Waals surface area (Å²) in [5.74, 6) is -0.329. The quantitative estimate of drug-likeness (QED) is 0.832. The maximum absolute atomic E-state index is 11.2. The van der Waals surface area contributed by atoms with Crippen LogP contribution >= 0.6 is 0 Å². The third-order valence-electron chi connectivity index (χ3n) is 3.10. The fourth-order valence-corrected chi connectivity index (χ4v) is 2.00. The van der Waals surface area contributed by atoms with E-state index in [9.17, 15) is 9.90 Å². The number of hydrogen-bond acceptors (Lipinski definition) is 4. The summed E-state index contributed by atoms with van der Waals surface area (Å²) in [6, 6.07) is 1.23. The van der Waals surface area contributed by atoms with Crippen LogP contribution in [-0.4, -0.2) is 31.7 Å². The second kappa shape index (κ2) is 5.69. The fraction of sp³-hybridized carbons (Fsp3) is 0.462. The Morgan fingerprint density at radius 3 is 3.00 bits per heavy atom. The average Bonchev–Trinajstić information content (AvgIpc) is 2.77.